The van der Waals surface area contributed by atoms with Crippen molar-refractivity contribution in [3.8, 4) is 17.1 Å². The first kappa shape index (κ1) is 22.3. The summed E-state index contributed by atoms with van der Waals surface area (Å²) in [6, 6.07) is 7.04. The van der Waals surface area contributed by atoms with Crippen molar-refractivity contribution in [1.82, 2.24) is 5.01 Å². The molecular formula is C19H12F3N5O5S. The Balaban J connectivity index is 1.66. The fourth-order valence-electron chi connectivity index (χ4n) is 2.95. The first-order valence-corrected chi connectivity index (χ1v) is 9.99. The quantitative estimate of drug-likeness (QED) is 0.381. The summed E-state index contributed by atoms with van der Waals surface area (Å²) in [7, 11) is 0. The molecule has 14 heteroatoms. The third kappa shape index (κ3) is 4.24. The van der Waals surface area contributed by atoms with Gasteiger partial charge in [-0.15, -0.1) is 0 Å². The number of carbonyl (C=O) groups excluding carboxylic acids is 1. The molecule has 0 unspecified atom stereocenters. The van der Waals surface area contributed by atoms with Crippen LogP contribution in [0.5, 0.6) is 5.75 Å². The van der Waals surface area contributed by atoms with Gasteiger partial charge in [-0.3, -0.25) is 20.3 Å². The minimum absolute atomic E-state index is 0.0341. The van der Waals surface area contributed by atoms with Gasteiger partial charge in [0.05, 0.1) is 28.7 Å². The Morgan fingerprint density at radius 1 is 1.33 bits per heavy atom. The number of fused-ring (bicyclic) bond motifs is 1. The van der Waals surface area contributed by atoms with Crippen molar-refractivity contribution in [2.24, 2.45) is 10.1 Å². The molecule has 170 valence electrons. The van der Waals surface area contributed by atoms with Gasteiger partial charge in [0.15, 0.2) is 5.84 Å². The predicted molar refractivity (Wildman–Crippen MR) is 113 cm³/mol. The van der Waals surface area contributed by atoms with Crippen LogP contribution in [-0.2, 0) is 4.79 Å². The fraction of sp³-hybridized carbons (Fsp3) is 0.158. The van der Waals surface area contributed by atoms with Crippen molar-refractivity contribution < 1.29 is 32.0 Å². The van der Waals surface area contributed by atoms with Gasteiger partial charge in [-0.25, -0.2) is 0 Å². The molecule has 2 aliphatic rings. The van der Waals surface area contributed by atoms with Gasteiger partial charge >= 0.3 is 6.18 Å². The first-order valence-electron chi connectivity index (χ1n) is 9.17. The topological polar surface area (TPSA) is 134 Å². The third-order valence-electron chi connectivity index (χ3n) is 4.35. The summed E-state index contributed by atoms with van der Waals surface area (Å²) in [5, 5.41) is 21.9. The lowest BCUT2D eigenvalue weighted by atomic mass is 10.1. The van der Waals surface area contributed by atoms with Gasteiger partial charge < -0.3 is 9.15 Å². The number of aliphatic imine (C=N–C) groups is 1. The molecule has 0 atom stereocenters. The molecule has 0 aliphatic carbocycles. The van der Waals surface area contributed by atoms with E-state index in [0.717, 1.165) is 6.08 Å². The van der Waals surface area contributed by atoms with E-state index in [9.17, 15) is 28.1 Å². The lowest BCUT2D eigenvalue weighted by Gasteiger charge is -2.19. The molecule has 0 bridgehead atoms. The molecule has 1 aromatic heterocycles. The van der Waals surface area contributed by atoms with Crippen molar-refractivity contribution in [2.45, 2.75) is 13.1 Å². The summed E-state index contributed by atoms with van der Waals surface area (Å²) in [5.41, 5.74) is -0.476. The van der Waals surface area contributed by atoms with Crippen LogP contribution in [0.2, 0.25) is 0 Å². The van der Waals surface area contributed by atoms with E-state index in [1.165, 1.54) is 30.3 Å². The zero-order valence-electron chi connectivity index (χ0n) is 16.5. The number of rotatable bonds is 5. The third-order valence-corrected chi connectivity index (χ3v) is 5.31. The molecule has 2 aliphatic heterocycles. The molecule has 1 amide bonds. The monoisotopic (exact) mass is 479 g/mol. The minimum Gasteiger partial charge on any atom is -0.494 e. The zero-order valence-corrected chi connectivity index (χ0v) is 17.4. The Kier molecular flexibility index (Phi) is 5.53. The molecule has 0 saturated heterocycles. The molecule has 2 aromatic rings. The normalized spacial score (nSPS) is 17.2. The Morgan fingerprint density at radius 3 is 2.76 bits per heavy atom. The van der Waals surface area contributed by atoms with Crippen molar-refractivity contribution in [2.75, 3.05) is 6.61 Å². The van der Waals surface area contributed by atoms with E-state index in [-0.39, 0.29) is 45.3 Å². The van der Waals surface area contributed by atoms with E-state index in [1.54, 1.807) is 6.92 Å². The molecule has 3 heterocycles. The van der Waals surface area contributed by atoms with E-state index >= 15 is 0 Å². The van der Waals surface area contributed by atoms with Gasteiger partial charge in [-0.05, 0) is 49.0 Å². The number of nitro benzene ring substituents is 1. The van der Waals surface area contributed by atoms with Crippen molar-refractivity contribution in [3.63, 3.8) is 0 Å². The molecule has 0 spiro atoms. The van der Waals surface area contributed by atoms with Gasteiger partial charge in [-0.1, -0.05) is 0 Å². The van der Waals surface area contributed by atoms with Crippen molar-refractivity contribution in [3.05, 3.63) is 51.8 Å². The number of furan rings is 1. The number of nitrogens with zero attached hydrogens (tertiary/aromatic N) is 4. The number of thioether (sulfide) groups is 1. The molecule has 1 N–H and O–H groups in total. The summed E-state index contributed by atoms with van der Waals surface area (Å²) < 4.78 is 49.6. The summed E-state index contributed by atoms with van der Waals surface area (Å²) in [4.78, 5) is 26.7. The Bertz CT molecular complexity index is 1280. The molecule has 33 heavy (non-hydrogen) atoms. The SMILES string of the molecule is CCOc1ccc(-c2ccc(/C=C3\C(=N)N4N=C(C(F)(F)F)SC4=NC3=O)o2)c([N+](=O)[O-])c1. The maximum atomic E-state index is 12.9. The highest BCUT2D eigenvalue weighted by Crippen LogP contribution is 2.37. The zero-order chi connectivity index (χ0) is 23.9. The highest BCUT2D eigenvalue weighted by Gasteiger charge is 2.46. The van der Waals surface area contributed by atoms with Crippen molar-refractivity contribution >= 4 is 45.5 Å². The van der Waals surface area contributed by atoms with Crippen LogP contribution in [0.1, 0.15) is 12.7 Å². The Labute approximate surface area is 187 Å². The van der Waals surface area contributed by atoms with Gasteiger partial charge in [-0.2, -0.15) is 28.3 Å². The second kappa shape index (κ2) is 8.20. The van der Waals surface area contributed by atoms with Crippen LogP contribution in [0, 0.1) is 15.5 Å². The van der Waals surface area contributed by atoms with E-state index in [2.05, 4.69) is 10.1 Å². The molecule has 0 fully saturated rings. The van der Waals surface area contributed by atoms with E-state index in [1.807, 2.05) is 0 Å². The van der Waals surface area contributed by atoms with E-state index in [0.29, 0.717) is 17.4 Å². The Hall–Kier alpha value is -3.94. The number of ether oxygens (including phenoxy) is 1. The van der Waals surface area contributed by atoms with Gasteiger partial charge in [0.25, 0.3) is 11.6 Å². The first-order chi connectivity index (χ1) is 15.6. The fourth-order valence-corrected chi connectivity index (χ4v) is 3.71. The second-order valence-corrected chi connectivity index (χ2v) is 7.45. The highest BCUT2D eigenvalue weighted by molar-refractivity contribution is 8.27. The van der Waals surface area contributed by atoms with Crippen LogP contribution in [0.4, 0.5) is 18.9 Å². The van der Waals surface area contributed by atoms with E-state index in [4.69, 9.17) is 14.6 Å². The number of carbonyl (C=O) groups is 1. The summed E-state index contributed by atoms with van der Waals surface area (Å²) in [6.07, 6.45) is -3.64. The minimum atomic E-state index is -4.75. The molecule has 0 radical (unpaired) electrons. The van der Waals surface area contributed by atoms with Crippen LogP contribution < -0.4 is 4.74 Å². The van der Waals surface area contributed by atoms with Crippen molar-refractivity contribution in [1.29, 1.82) is 5.41 Å². The standard InChI is InChI=1S/C19H12F3N5O5S/c1-2-31-9-3-5-11(13(8-9)27(29)30)14-6-4-10(32-14)7-12-15(23)26-18(24-16(12)28)33-17(25-26)19(20,21)22/h3-8,23H,2H2,1H3/b12-7+,23-15?. The van der Waals surface area contributed by atoms with Crippen LogP contribution in [0.25, 0.3) is 17.4 Å². The van der Waals surface area contributed by atoms with Gasteiger partial charge in [0.2, 0.25) is 10.2 Å². The molecular weight excluding hydrogens is 467 g/mol. The lowest BCUT2D eigenvalue weighted by Crippen LogP contribution is -2.35. The van der Waals surface area contributed by atoms with Gasteiger partial charge in [0, 0.05) is 0 Å². The highest BCUT2D eigenvalue weighted by atomic mass is 32.2. The number of halogens is 3. The number of hydrogen-bond acceptors (Lipinski definition) is 8. The van der Waals surface area contributed by atoms with E-state index < -0.39 is 27.9 Å². The predicted octanol–water partition coefficient (Wildman–Crippen LogP) is 4.43. The van der Waals surface area contributed by atoms with Crippen LogP contribution in [0.3, 0.4) is 0 Å². The number of amides is 1. The maximum absolute atomic E-state index is 12.9. The smallest absolute Gasteiger partial charge is 0.441 e. The summed E-state index contributed by atoms with van der Waals surface area (Å²) in [6.45, 7) is 2.06. The largest absolute Gasteiger partial charge is 0.494 e. The van der Waals surface area contributed by atoms with Crippen LogP contribution >= 0.6 is 11.8 Å². The van der Waals surface area contributed by atoms with Crippen LogP contribution in [0.15, 0.2) is 50.4 Å². The molecule has 4 rings (SSSR count). The average Bonchev–Trinajstić information content (AvgIpc) is 3.38. The van der Waals surface area contributed by atoms with Gasteiger partial charge in [0.1, 0.15) is 17.3 Å². The van der Waals surface area contributed by atoms with Crippen LogP contribution in [-0.4, -0.2) is 44.7 Å². The molecule has 0 saturated carbocycles. The number of nitro groups is 1. The number of nitrogens with one attached hydrogen (secondary N) is 1. The molecule has 10 nitrogen and oxygen atoms in total. The average molecular weight is 479 g/mol. The number of hydrogen-bond donors (Lipinski definition) is 1. The second-order valence-electron chi connectivity index (χ2n) is 6.49. The number of benzene rings is 1. The summed E-state index contributed by atoms with van der Waals surface area (Å²) >= 11 is 0.142. The Morgan fingerprint density at radius 2 is 2.09 bits per heavy atom. The maximum Gasteiger partial charge on any atom is 0.441 e. The summed E-state index contributed by atoms with van der Waals surface area (Å²) in [5.74, 6) is -1.11. The molecule has 1 aromatic carbocycles. The number of hydrazone groups is 1. The number of amidine groups is 2. The number of alkyl halides is 3. The lowest BCUT2D eigenvalue weighted by molar-refractivity contribution is -0.384.